The highest BCUT2D eigenvalue weighted by atomic mass is 32.1. The van der Waals surface area contributed by atoms with Crippen LogP contribution in [0.25, 0.3) is 11.1 Å². The molecule has 0 aromatic heterocycles. The monoisotopic (exact) mass is 383 g/mol. The van der Waals surface area contributed by atoms with Gasteiger partial charge in [0.05, 0.1) is 5.69 Å². The van der Waals surface area contributed by atoms with Crippen LogP contribution in [0.5, 0.6) is 0 Å². The SMILES string of the molecule is NNc1ccc(-c2ccc(N(c3ccccc3)c3ccccc3)cc2)cc1S. The summed E-state index contributed by atoms with van der Waals surface area (Å²) in [4.78, 5) is 3.06. The molecule has 3 N–H and O–H groups in total. The van der Waals surface area contributed by atoms with Crippen LogP contribution < -0.4 is 16.2 Å². The molecule has 4 rings (SSSR count). The fraction of sp³-hybridized carbons (Fsp3) is 0. The fourth-order valence-electron chi connectivity index (χ4n) is 3.24. The summed E-state index contributed by atoms with van der Waals surface area (Å²) < 4.78 is 0. The molecule has 0 aliphatic carbocycles. The van der Waals surface area contributed by atoms with Crippen molar-refractivity contribution in [3.63, 3.8) is 0 Å². The number of hydrazine groups is 1. The first-order valence-corrected chi connectivity index (χ1v) is 9.51. The van der Waals surface area contributed by atoms with Crippen molar-refractivity contribution < 1.29 is 0 Å². The zero-order valence-corrected chi connectivity index (χ0v) is 16.2. The number of para-hydroxylation sites is 2. The average Bonchev–Trinajstić information content (AvgIpc) is 2.76. The maximum absolute atomic E-state index is 5.50. The summed E-state index contributed by atoms with van der Waals surface area (Å²) in [5.41, 5.74) is 9.04. The molecule has 0 unspecified atom stereocenters. The van der Waals surface area contributed by atoms with Gasteiger partial charge in [-0.3, -0.25) is 5.84 Å². The van der Waals surface area contributed by atoms with Gasteiger partial charge in [0.25, 0.3) is 0 Å². The Kier molecular flexibility index (Phi) is 5.33. The summed E-state index contributed by atoms with van der Waals surface area (Å²) in [6, 6.07) is 35.3. The fourth-order valence-corrected chi connectivity index (χ4v) is 3.52. The summed E-state index contributed by atoms with van der Waals surface area (Å²) in [6.45, 7) is 0. The predicted octanol–water partition coefficient (Wildman–Crippen LogP) is 6.40. The molecule has 4 aromatic carbocycles. The van der Waals surface area contributed by atoms with Crippen LogP contribution in [0.4, 0.5) is 22.7 Å². The lowest BCUT2D eigenvalue weighted by Gasteiger charge is -2.25. The van der Waals surface area contributed by atoms with Gasteiger partial charge in [0.1, 0.15) is 0 Å². The van der Waals surface area contributed by atoms with Crippen LogP contribution in [0.3, 0.4) is 0 Å². The Morgan fingerprint density at radius 1 is 0.607 bits per heavy atom. The number of nitrogens with two attached hydrogens (primary N) is 1. The lowest BCUT2D eigenvalue weighted by Crippen LogP contribution is -2.09. The summed E-state index contributed by atoms with van der Waals surface area (Å²) in [7, 11) is 0. The van der Waals surface area contributed by atoms with Crippen molar-refractivity contribution >= 4 is 35.4 Å². The number of hydrogen-bond donors (Lipinski definition) is 3. The molecule has 0 aliphatic heterocycles. The minimum absolute atomic E-state index is 0.808. The van der Waals surface area contributed by atoms with E-state index < -0.39 is 0 Å². The van der Waals surface area contributed by atoms with Gasteiger partial charge in [-0.15, -0.1) is 12.6 Å². The van der Waals surface area contributed by atoms with Crippen LogP contribution in [-0.4, -0.2) is 0 Å². The van der Waals surface area contributed by atoms with Crippen molar-refractivity contribution in [2.45, 2.75) is 4.90 Å². The van der Waals surface area contributed by atoms with E-state index in [1.165, 1.54) is 0 Å². The summed E-state index contributed by atoms with van der Waals surface area (Å²) in [6.07, 6.45) is 0. The van der Waals surface area contributed by atoms with Crippen LogP contribution in [0.1, 0.15) is 0 Å². The Bertz CT molecular complexity index is 1010. The van der Waals surface area contributed by atoms with Crippen molar-refractivity contribution in [3.8, 4) is 11.1 Å². The molecule has 0 fully saturated rings. The van der Waals surface area contributed by atoms with Gasteiger partial charge in [-0.05, 0) is 59.7 Å². The van der Waals surface area contributed by atoms with E-state index in [4.69, 9.17) is 5.84 Å². The van der Waals surface area contributed by atoms with Crippen molar-refractivity contribution in [1.29, 1.82) is 0 Å². The van der Waals surface area contributed by atoms with E-state index in [-0.39, 0.29) is 0 Å². The van der Waals surface area contributed by atoms with Crippen molar-refractivity contribution in [2.24, 2.45) is 5.84 Å². The molecule has 138 valence electrons. The number of nitrogens with one attached hydrogen (secondary N) is 1. The number of nitrogen functional groups attached to an aromatic ring is 1. The third-order valence-electron chi connectivity index (χ3n) is 4.64. The second-order valence-electron chi connectivity index (χ2n) is 6.43. The maximum Gasteiger partial charge on any atom is 0.0618 e. The Labute approximate surface area is 170 Å². The Hall–Kier alpha value is -3.21. The van der Waals surface area contributed by atoms with E-state index in [2.05, 4.69) is 95.8 Å². The number of thiol groups is 1. The molecule has 0 aliphatic rings. The Balaban J connectivity index is 1.72. The third kappa shape index (κ3) is 3.74. The van der Waals surface area contributed by atoms with Gasteiger partial charge >= 0.3 is 0 Å². The largest absolute Gasteiger partial charge is 0.323 e. The summed E-state index contributed by atoms with van der Waals surface area (Å²) in [5.74, 6) is 5.50. The van der Waals surface area contributed by atoms with E-state index in [1.807, 2.05) is 30.3 Å². The molecule has 0 saturated carbocycles. The molecule has 4 heteroatoms. The zero-order valence-electron chi connectivity index (χ0n) is 15.3. The second kappa shape index (κ2) is 8.21. The molecule has 0 atom stereocenters. The summed E-state index contributed by atoms with van der Waals surface area (Å²) >= 11 is 4.50. The van der Waals surface area contributed by atoms with Crippen LogP contribution in [0.15, 0.2) is 108 Å². The first-order valence-electron chi connectivity index (χ1n) is 9.06. The first kappa shape index (κ1) is 18.2. The maximum atomic E-state index is 5.50. The molecule has 0 bridgehead atoms. The van der Waals surface area contributed by atoms with E-state index in [1.54, 1.807) is 0 Å². The van der Waals surface area contributed by atoms with E-state index >= 15 is 0 Å². The van der Waals surface area contributed by atoms with Crippen molar-refractivity contribution in [1.82, 2.24) is 0 Å². The third-order valence-corrected chi connectivity index (χ3v) is 5.01. The quantitative estimate of drug-likeness (QED) is 0.212. The van der Waals surface area contributed by atoms with Crippen LogP contribution >= 0.6 is 12.6 Å². The minimum atomic E-state index is 0.808. The van der Waals surface area contributed by atoms with Gasteiger partial charge in [0.2, 0.25) is 0 Å². The number of nitrogens with zero attached hydrogens (tertiary/aromatic N) is 1. The lowest BCUT2D eigenvalue weighted by molar-refractivity contribution is 1.28. The number of hydrogen-bond acceptors (Lipinski definition) is 4. The Morgan fingerprint density at radius 3 is 1.61 bits per heavy atom. The van der Waals surface area contributed by atoms with Gasteiger partial charge in [0.15, 0.2) is 0 Å². The van der Waals surface area contributed by atoms with E-state index in [0.29, 0.717) is 0 Å². The first-order chi connectivity index (χ1) is 13.8. The van der Waals surface area contributed by atoms with Crippen LogP contribution in [0.2, 0.25) is 0 Å². The van der Waals surface area contributed by atoms with Gasteiger partial charge in [-0.1, -0.05) is 54.6 Å². The Morgan fingerprint density at radius 2 is 1.11 bits per heavy atom. The highest BCUT2D eigenvalue weighted by Gasteiger charge is 2.12. The van der Waals surface area contributed by atoms with E-state index in [0.717, 1.165) is 38.8 Å². The lowest BCUT2D eigenvalue weighted by atomic mass is 10.0. The van der Waals surface area contributed by atoms with Crippen molar-refractivity contribution in [2.75, 3.05) is 10.3 Å². The topological polar surface area (TPSA) is 41.3 Å². The van der Waals surface area contributed by atoms with Gasteiger partial charge in [-0.2, -0.15) is 0 Å². The van der Waals surface area contributed by atoms with Gasteiger partial charge < -0.3 is 10.3 Å². The van der Waals surface area contributed by atoms with Gasteiger partial charge in [0, 0.05) is 22.0 Å². The highest BCUT2D eigenvalue weighted by molar-refractivity contribution is 7.80. The molecule has 28 heavy (non-hydrogen) atoms. The van der Waals surface area contributed by atoms with Crippen molar-refractivity contribution in [3.05, 3.63) is 103 Å². The summed E-state index contributed by atoms with van der Waals surface area (Å²) in [5, 5.41) is 0. The zero-order chi connectivity index (χ0) is 19.3. The average molecular weight is 384 g/mol. The molecule has 0 radical (unpaired) electrons. The molecular weight excluding hydrogens is 362 g/mol. The number of rotatable bonds is 5. The highest BCUT2D eigenvalue weighted by Crippen LogP contribution is 2.35. The predicted molar refractivity (Wildman–Crippen MR) is 122 cm³/mol. The molecule has 0 spiro atoms. The molecule has 3 nitrogen and oxygen atoms in total. The minimum Gasteiger partial charge on any atom is -0.323 e. The van der Waals surface area contributed by atoms with Crippen LogP contribution in [-0.2, 0) is 0 Å². The van der Waals surface area contributed by atoms with Crippen LogP contribution in [0, 0.1) is 0 Å². The molecule has 0 heterocycles. The number of benzene rings is 4. The second-order valence-corrected chi connectivity index (χ2v) is 6.91. The smallest absolute Gasteiger partial charge is 0.0618 e. The molecule has 0 saturated heterocycles. The molecule has 0 amide bonds. The molecular formula is C24H21N3S. The number of anilines is 4. The molecule has 4 aromatic rings. The standard InChI is InChI=1S/C24H21N3S/c25-26-23-16-13-19(17-24(23)28)18-11-14-22(15-12-18)27(20-7-3-1-4-8-20)21-9-5-2-6-10-21/h1-17,26,28H,25H2. The van der Waals surface area contributed by atoms with E-state index in [9.17, 15) is 0 Å². The van der Waals surface area contributed by atoms with Gasteiger partial charge in [-0.25, -0.2) is 0 Å². The normalized spacial score (nSPS) is 10.5.